The van der Waals surface area contributed by atoms with E-state index in [1.807, 2.05) is 11.8 Å². The van der Waals surface area contributed by atoms with Crippen LogP contribution >= 0.6 is 11.8 Å². The number of hydrogen-bond acceptors (Lipinski definition) is 5. The van der Waals surface area contributed by atoms with E-state index in [1.54, 1.807) is 0 Å². The second-order valence-corrected chi connectivity index (χ2v) is 26.1. The van der Waals surface area contributed by atoms with E-state index in [1.165, 1.54) is 76.4 Å². The molecule has 7 heteroatoms. The summed E-state index contributed by atoms with van der Waals surface area (Å²) in [5, 5.41) is 4.66. The van der Waals surface area contributed by atoms with Crippen molar-refractivity contribution in [2.75, 3.05) is 4.90 Å². The zero-order valence-corrected chi connectivity index (χ0v) is 50.3. The van der Waals surface area contributed by atoms with Gasteiger partial charge < -0.3 is 18.8 Å². The second-order valence-electron chi connectivity index (χ2n) is 25.0. The van der Waals surface area contributed by atoms with Crippen LogP contribution in [0.25, 0.3) is 88.6 Å². The van der Waals surface area contributed by atoms with Gasteiger partial charge in [-0.3, -0.25) is 9.97 Å². The Labute approximate surface area is 534 Å². The average molecular weight is 1190 g/mol. The third-order valence-corrected chi connectivity index (χ3v) is 21.7. The van der Waals surface area contributed by atoms with Crippen LogP contribution in [0.3, 0.4) is 0 Å². The Morgan fingerprint density at radius 2 is 0.707 bits per heavy atom. The summed E-state index contributed by atoms with van der Waals surface area (Å²) in [5.74, 6) is 1.44. The smallest absolute Gasteiger partial charge is 0.156 e. The maximum absolute atomic E-state index is 8.15. The Bertz CT molecular complexity index is 5580. The van der Waals surface area contributed by atoms with Gasteiger partial charge in [0.1, 0.15) is 0 Å². The fourth-order valence-corrected chi connectivity index (χ4v) is 18.0. The first kappa shape index (κ1) is 50.4. The molecule has 0 bridgehead atoms. The standard InChI is InChI=1S/C85H51N5OS/c1-5-28-60-53(21-1)54-22-2-6-29-61(54)79(60)50-45-67-81(86-48-50)82-68(46-51(49-87-82)80-62-30-7-3-23-55(62)56-24-4-8-31-63(56)80)85(67)65-32-19-39-75(89-69-34-12-9-25-57(69)58-26-10-13-35-70(58)89)83(65)91-84-66(85)33-20-40-76(84)90-71-36-14-11-27-59(71)64-47-52(43-44-72(64)90)88-73-37-15-17-41-77(73)92-78-42-18-16-38-74(78)88/h1-49,79-80H. The van der Waals surface area contributed by atoms with Crippen LogP contribution in [0.5, 0.6) is 11.5 Å². The van der Waals surface area contributed by atoms with Crippen LogP contribution in [0.4, 0.5) is 17.1 Å². The largest absolute Gasteiger partial charge is 0.452 e. The van der Waals surface area contributed by atoms with E-state index in [-0.39, 0.29) is 11.8 Å². The molecule has 0 unspecified atom stereocenters. The van der Waals surface area contributed by atoms with E-state index < -0.39 is 5.41 Å². The maximum Gasteiger partial charge on any atom is 0.156 e. The molecule has 6 heterocycles. The van der Waals surface area contributed by atoms with Crippen LogP contribution in [0.2, 0.25) is 0 Å². The molecule has 0 N–H and O–H groups in total. The lowest BCUT2D eigenvalue weighted by Crippen LogP contribution is -2.33. The molecular weight excluding hydrogens is 1140 g/mol. The highest BCUT2D eigenvalue weighted by molar-refractivity contribution is 7.99. The lowest BCUT2D eigenvalue weighted by atomic mass is 9.65. The van der Waals surface area contributed by atoms with E-state index in [9.17, 15) is 0 Å². The minimum atomic E-state index is -1.03. The molecular formula is C85H51N5OS. The number of benzene rings is 12. The van der Waals surface area contributed by atoms with Crippen LogP contribution in [0.15, 0.2) is 307 Å². The molecule has 3 aliphatic carbocycles. The lowest BCUT2D eigenvalue weighted by Gasteiger charge is -2.41. The quantitative estimate of drug-likeness (QED) is 0.172. The van der Waals surface area contributed by atoms with Crippen LogP contribution < -0.4 is 9.64 Å². The molecule has 0 saturated carbocycles. The molecule has 21 rings (SSSR count). The Kier molecular flexibility index (Phi) is 10.3. The first-order valence-corrected chi connectivity index (χ1v) is 32.5. The van der Waals surface area contributed by atoms with Crippen molar-refractivity contribution < 1.29 is 4.74 Å². The van der Waals surface area contributed by atoms with Gasteiger partial charge in [-0.05, 0) is 141 Å². The van der Waals surface area contributed by atoms with E-state index in [2.05, 4.69) is 312 Å². The summed E-state index contributed by atoms with van der Waals surface area (Å²) in [6, 6.07) is 106. The van der Waals surface area contributed by atoms with Gasteiger partial charge in [-0.15, -0.1) is 0 Å². The first-order valence-electron chi connectivity index (χ1n) is 31.7. The van der Waals surface area contributed by atoms with Gasteiger partial charge in [0.25, 0.3) is 0 Å². The van der Waals surface area contributed by atoms with Gasteiger partial charge in [0, 0.05) is 83.5 Å². The summed E-state index contributed by atoms with van der Waals surface area (Å²) < 4.78 is 13.0. The van der Waals surface area contributed by atoms with Crippen molar-refractivity contribution in [1.29, 1.82) is 0 Å². The molecule has 0 amide bonds. The summed E-state index contributed by atoms with van der Waals surface area (Å²) in [7, 11) is 0. The Balaban J connectivity index is 0.876. The number of para-hydroxylation sites is 7. The third-order valence-electron chi connectivity index (χ3n) is 20.6. The molecule has 0 fully saturated rings. The van der Waals surface area contributed by atoms with E-state index >= 15 is 0 Å². The predicted octanol–water partition coefficient (Wildman–Crippen LogP) is 21.4. The third kappa shape index (κ3) is 6.64. The van der Waals surface area contributed by atoms with Crippen molar-refractivity contribution in [2.45, 2.75) is 27.0 Å². The summed E-state index contributed by atoms with van der Waals surface area (Å²) in [6.07, 6.45) is 4.28. The van der Waals surface area contributed by atoms with Gasteiger partial charge in [-0.25, -0.2) is 0 Å². The summed E-state index contributed by atoms with van der Waals surface area (Å²) in [4.78, 5) is 16.4. The summed E-state index contributed by atoms with van der Waals surface area (Å²) in [6.45, 7) is 0. The molecule has 1 spiro atoms. The Morgan fingerprint density at radius 1 is 0.326 bits per heavy atom. The van der Waals surface area contributed by atoms with Gasteiger partial charge in [0.15, 0.2) is 11.5 Å². The predicted molar refractivity (Wildman–Crippen MR) is 373 cm³/mol. The SMILES string of the molecule is c1ccc2c(c1)Sc1ccccc1N2c1ccc2c(c1)c1ccccc1n2-c1cccc2c1Oc1c(-n3c4ccccc4c4ccccc43)cccc1C21c2cc(C3c4ccccc4-c4ccccc43)cnc2-c2ncc(C3c4ccccc4-c4ccccc43)cc21. The zero-order valence-electron chi connectivity index (χ0n) is 49.5. The molecule has 92 heavy (non-hydrogen) atoms. The molecule has 4 aromatic heterocycles. The zero-order chi connectivity index (χ0) is 59.9. The van der Waals surface area contributed by atoms with Crippen LogP contribution in [-0.2, 0) is 5.41 Å². The average Bonchev–Trinajstić information content (AvgIpc) is 1.42. The van der Waals surface area contributed by atoms with Crippen molar-refractivity contribution in [3.8, 4) is 56.5 Å². The molecule has 0 atom stereocenters. The highest BCUT2D eigenvalue weighted by atomic mass is 32.2. The number of anilines is 3. The number of fused-ring (bicyclic) bond motifs is 23. The minimum absolute atomic E-state index is 0.0572. The number of aromatic nitrogens is 4. The monoisotopic (exact) mass is 1190 g/mol. The molecule has 6 nitrogen and oxygen atoms in total. The normalized spacial score (nSPS) is 14.3. The van der Waals surface area contributed by atoms with Gasteiger partial charge in [0.2, 0.25) is 0 Å². The Morgan fingerprint density at radius 3 is 1.17 bits per heavy atom. The summed E-state index contributed by atoms with van der Waals surface area (Å²) in [5.41, 5.74) is 27.1. The highest BCUT2D eigenvalue weighted by Gasteiger charge is 2.55. The van der Waals surface area contributed by atoms with Crippen molar-refractivity contribution in [3.05, 3.63) is 353 Å². The Hall–Kier alpha value is -11.5. The molecule has 428 valence electrons. The molecule has 0 saturated heterocycles. The molecule has 2 aliphatic heterocycles. The fraction of sp³-hybridized carbons (Fsp3) is 0.0353. The van der Waals surface area contributed by atoms with Gasteiger partial charge in [-0.2, -0.15) is 0 Å². The van der Waals surface area contributed by atoms with Gasteiger partial charge >= 0.3 is 0 Å². The number of nitrogens with zero attached hydrogens (tertiary/aromatic N) is 5. The van der Waals surface area contributed by atoms with Gasteiger partial charge in [0.05, 0.1) is 61.6 Å². The van der Waals surface area contributed by atoms with Gasteiger partial charge in [-0.1, -0.05) is 212 Å². The van der Waals surface area contributed by atoms with Crippen molar-refractivity contribution >= 4 is 72.4 Å². The highest BCUT2D eigenvalue weighted by Crippen LogP contribution is 2.65. The van der Waals surface area contributed by atoms with Crippen LogP contribution in [0.1, 0.15) is 67.5 Å². The van der Waals surface area contributed by atoms with Crippen LogP contribution in [-0.4, -0.2) is 19.1 Å². The second kappa shape index (κ2) is 18.8. The van der Waals surface area contributed by atoms with Crippen molar-refractivity contribution in [3.63, 3.8) is 0 Å². The van der Waals surface area contributed by atoms with E-state index in [4.69, 9.17) is 14.7 Å². The van der Waals surface area contributed by atoms with Crippen molar-refractivity contribution in [2.24, 2.45) is 0 Å². The maximum atomic E-state index is 8.15. The minimum Gasteiger partial charge on any atom is -0.452 e. The summed E-state index contributed by atoms with van der Waals surface area (Å²) >= 11 is 1.83. The first-order chi connectivity index (χ1) is 45.7. The number of rotatable bonds is 5. The van der Waals surface area contributed by atoms with E-state index in [0.717, 1.165) is 106 Å². The van der Waals surface area contributed by atoms with Crippen molar-refractivity contribution in [1.82, 2.24) is 19.1 Å². The van der Waals surface area contributed by atoms with Crippen LogP contribution in [0, 0.1) is 0 Å². The number of hydrogen-bond donors (Lipinski definition) is 0. The molecule has 16 aromatic rings. The lowest BCUT2D eigenvalue weighted by molar-refractivity contribution is 0.433. The fourth-order valence-electron chi connectivity index (χ4n) is 17.0. The molecule has 5 aliphatic rings. The number of ether oxygens (including phenoxy) is 1. The number of pyridine rings is 2. The topological polar surface area (TPSA) is 48.1 Å². The molecule has 0 radical (unpaired) electrons. The van der Waals surface area contributed by atoms with E-state index in [0.29, 0.717) is 0 Å². The molecule has 12 aromatic carbocycles.